The second kappa shape index (κ2) is 8.94. The maximum absolute atomic E-state index is 13.1. The fourth-order valence-electron chi connectivity index (χ4n) is 4.78. The van der Waals surface area contributed by atoms with E-state index < -0.39 is 0 Å². The van der Waals surface area contributed by atoms with Gasteiger partial charge in [-0.05, 0) is 51.7 Å². The van der Waals surface area contributed by atoms with Gasteiger partial charge in [0, 0.05) is 35.9 Å². The molecule has 1 atom stereocenters. The zero-order valence-corrected chi connectivity index (χ0v) is 19.4. The van der Waals surface area contributed by atoms with Crippen LogP contribution in [-0.2, 0) is 24.2 Å². The molecule has 0 N–H and O–H groups in total. The molecule has 7 nitrogen and oxygen atoms in total. The molecule has 3 aromatic rings. The van der Waals surface area contributed by atoms with Crippen molar-refractivity contribution in [3.63, 3.8) is 0 Å². The number of carbonyl (C=O) groups is 1. The Morgan fingerprint density at radius 3 is 2.81 bits per heavy atom. The Labute approximate surface area is 192 Å². The summed E-state index contributed by atoms with van der Waals surface area (Å²) in [6.45, 7) is 6.49. The molecule has 3 aromatic heterocycles. The maximum atomic E-state index is 13.1. The minimum atomic E-state index is -0.0649. The molecule has 8 heteroatoms. The molecule has 0 saturated carbocycles. The van der Waals surface area contributed by atoms with Gasteiger partial charge in [0.2, 0.25) is 5.91 Å². The predicted molar refractivity (Wildman–Crippen MR) is 125 cm³/mol. The Balaban J connectivity index is 1.41. The van der Waals surface area contributed by atoms with E-state index in [4.69, 9.17) is 9.97 Å². The van der Waals surface area contributed by atoms with Crippen LogP contribution in [0.15, 0.2) is 29.8 Å². The second-order valence-corrected chi connectivity index (χ2v) is 9.66. The van der Waals surface area contributed by atoms with E-state index in [0.717, 1.165) is 79.0 Å². The highest BCUT2D eigenvalue weighted by atomic mass is 32.1. The molecule has 32 heavy (non-hydrogen) atoms. The monoisotopic (exact) mass is 448 g/mol. The number of pyridine rings is 1. The van der Waals surface area contributed by atoms with Gasteiger partial charge < -0.3 is 9.80 Å². The zero-order chi connectivity index (χ0) is 22.1. The van der Waals surface area contributed by atoms with Crippen molar-refractivity contribution in [1.82, 2.24) is 24.8 Å². The van der Waals surface area contributed by atoms with Crippen LogP contribution in [0.25, 0.3) is 0 Å². The lowest BCUT2D eigenvalue weighted by Gasteiger charge is -2.32. The van der Waals surface area contributed by atoms with Crippen molar-refractivity contribution in [1.29, 1.82) is 0 Å². The topological polar surface area (TPSA) is 75.1 Å². The van der Waals surface area contributed by atoms with Crippen LogP contribution in [0, 0.1) is 13.8 Å². The molecule has 5 heterocycles. The van der Waals surface area contributed by atoms with Gasteiger partial charge in [-0.15, -0.1) is 11.3 Å². The number of carbonyl (C=O) groups excluding carboxylic acids is 1. The molecule has 0 radical (unpaired) electrons. The van der Waals surface area contributed by atoms with Crippen molar-refractivity contribution in [3.8, 4) is 0 Å². The van der Waals surface area contributed by atoms with Crippen LogP contribution < -0.4 is 4.90 Å². The first-order valence-electron chi connectivity index (χ1n) is 11.3. The molecule has 1 unspecified atom stereocenters. The average Bonchev–Trinajstić information content (AvgIpc) is 3.44. The average molecular weight is 449 g/mol. The van der Waals surface area contributed by atoms with E-state index in [2.05, 4.69) is 27.9 Å². The molecule has 0 bridgehead atoms. The number of anilines is 1. The van der Waals surface area contributed by atoms with Crippen LogP contribution in [0.1, 0.15) is 58.8 Å². The minimum absolute atomic E-state index is 0.0649. The summed E-state index contributed by atoms with van der Waals surface area (Å²) in [7, 11) is 0. The molecule has 2 aliphatic heterocycles. The summed E-state index contributed by atoms with van der Waals surface area (Å²) >= 11 is 1.59. The Bertz CT molecular complexity index is 1110. The lowest BCUT2D eigenvalue weighted by Crippen LogP contribution is -2.35. The van der Waals surface area contributed by atoms with Gasteiger partial charge in [0.15, 0.2) is 5.82 Å². The van der Waals surface area contributed by atoms with Crippen LogP contribution in [0.5, 0.6) is 0 Å². The fourth-order valence-corrected chi connectivity index (χ4v) is 5.39. The van der Waals surface area contributed by atoms with Gasteiger partial charge >= 0.3 is 0 Å². The van der Waals surface area contributed by atoms with Crippen molar-refractivity contribution in [3.05, 3.63) is 63.3 Å². The smallest absolute Gasteiger partial charge is 0.229 e. The highest BCUT2D eigenvalue weighted by Gasteiger charge is 2.34. The van der Waals surface area contributed by atoms with Gasteiger partial charge in [0.25, 0.3) is 0 Å². The predicted octanol–water partition coefficient (Wildman–Crippen LogP) is 3.80. The minimum Gasteiger partial charge on any atom is -0.350 e. The van der Waals surface area contributed by atoms with Crippen molar-refractivity contribution < 1.29 is 4.79 Å². The lowest BCUT2D eigenvalue weighted by atomic mass is 10.0. The van der Waals surface area contributed by atoms with E-state index in [9.17, 15) is 4.79 Å². The van der Waals surface area contributed by atoms with Gasteiger partial charge in [-0.1, -0.05) is 6.07 Å². The number of nitrogens with zero attached hydrogens (tertiary/aromatic N) is 6. The van der Waals surface area contributed by atoms with Crippen LogP contribution in [0.3, 0.4) is 0 Å². The van der Waals surface area contributed by atoms with E-state index >= 15 is 0 Å². The number of thiazole rings is 1. The summed E-state index contributed by atoms with van der Waals surface area (Å²) in [6.07, 6.45) is 6.14. The van der Waals surface area contributed by atoms with E-state index in [1.54, 1.807) is 11.3 Å². The number of aromatic nitrogens is 4. The summed E-state index contributed by atoms with van der Waals surface area (Å²) in [5, 5.41) is 2.97. The number of aryl methyl sites for hydroxylation is 2. The van der Waals surface area contributed by atoms with Gasteiger partial charge in [-0.25, -0.2) is 15.0 Å². The Morgan fingerprint density at radius 1 is 1.12 bits per heavy atom. The SMILES string of the molecule is Cc1nc(CC(=O)N2CCCC2c2nc(C)c3c(n2)N(Cc2ccccn2)CCC3)cs1. The van der Waals surface area contributed by atoms with Gasteiger partial charge in [-0.2, -0.15) is 0 Å². The van der Waals surface area contributed by atoms with Crippen molar-refractivity contribution in [2.45, 2.75) is 58.5 Å². The molecule has 0 aromatic carbocycles. The van der Waals surface area contributed by atoms with Gasteiger partial charge in [0.05, 0.1) is 35.4 Å². The van der Waals surface area contributed by atoms with Crippen LogP contribution in [0.4, 0.5) is 5.82 Å². The van der Waals surface area contributed by atoms with E-state index in [1.807, 2.05) is 35.5 Å². The number of rotatable bonds is 5. The Hall–Kier alpha value is -2.87. The van der Waals surface area contributed by atoms with Gasteiger partial charge in [-0.3, -0.25) is 9.78 Å². The zero-order valence-electron chi connectivity index (χ0n) is 18.6. The molecule has 1 fully saturated rings. The van der Waals surface area contributed by atoms with Gasteiger partial charge in [0.1, 0.15) is 5.82 Å². The number of hydrogen-bond donors (Lipinski definition) is 0. The highest BCUT2D eigenvalue weighted by Crippen LogP contribution is 2.35. The largest absolute Gasteiger partial charge is 0.350 e. The van der Waals surface area contributed by atoms with Crippen LogP contribution >= 0.6 is 11.3 Å². The molecule has 1 saturated heterocycles. The normalized spacial score (nSPS) is 18.1. The second-order valence-electron chi connectivity index (χ2n) is 8.60. The summed E-state index contributed by atoms with van der Waals surface area (Å²) in [6, 6.07) is 5.96. The van der Waals surface area contributed by atoms with Crippen LogP contribution in [-0.4, -0.2) is 43.8 Å². The van der Waals surface area contributed by atoms with E-state index in [1.165, 1.54) is 5.56 Å². The van der Waals surface area contributed by atoms with Crippen molar-refractivity contribution in [2.75, 3.05) is 18.0 Å². The maximum Gasteiger partial charge on any atom is 0.229 e. The number of likely N-dealkylation sites (tertiary alicyclic amines) is 1. The van der Waals surface area contributed by atoms with Crippen molar-refractivity contribution in [2.24, 2.45) is 0 Å². The third-order valence-electron chi connectivity index (χ3n) is 6.31. The molecule has 166 valence electrons. The van der Waals surface area contributed by atoms with E-state index in [0.29, 0.717) is 6.42 Å². The van der Waals surface area contributed by atoms with Crippen molar-refractivity contribution >= 4 is 23.1 Å². The summed E-state index contributed by atoms with van der Waals surface area (Å²) in [4.78, 5) is 36.3. The molecule has 2 aliphatic rings. The first-order valence-corrected chi connectivity index (χ1v) is 12.2. The number of fused-ring (bicyclic) bond motifs is 1. The third kappa shape index (κ3) is 4.24. The quantitative estimate of drug-likeness (QED) is 0.591. The highest BCUT2D eigenvalue weighted by molar-refractivity contribution is 7.09. The Morgan fingerprint density at radius 2 is 2.03 bits per heavy atom. The summed E-state index contributed by atoms with van der Waals surface area (Å²) < 4.78 is 0. The summed E-state index contributed by atoms with van der Waals surface area (Å²) in [5.41, 5.74) is 4.15. The molecular weight excluding hydrogens is 420 g/mol. The number of hydrogen-bond acceptors (Lipinski definition) is 7. The molecular formula is C24H28N6OS. The standard InChI is InChI=1S/C24H28N6OS/c1-16-20-8-5-11-29(14-18-7-3-4-10-25-18)24(20)28-23(26-16)21-9-6-12-30(21)22(31)13-19-15-32-17(2)27-19/h3-4,7,10,15,21H,5-6,8-9,11-14H2,1-2H3. The lowest BCUT2D eigenvalue weighted by molar-refractivity contribution is -0.131. The number of amides is 1. The molecule has 1 amide bonds. The first kappa shape index (κ1) is 21.0. The first-order chi connectivity index (χ1) is 15.6. The van der Waals surface area contributed by atoms with Crippen LogP contribution in [0.2, 0.25) is 0 Å². The molecule has 5 rings (SSSR count). The third-order valence-corrected chi connectivity index (χ3v) is 7.14. The summed E-state index contributed by atoms with van der Waals surface area (Å²) in [5.74, 6) is 1.90. The molecule has 0 spiro atoms. The fraction of sp³-hybridized carbons (Fsp3) is 0.458. The molecule has 0 aliphatic carbocycles. The van der Waals surface area contributed by atoms with E-state index in [-0.39, 0.29) is 11.9 Å². The Kier molecular flexibility index (Phi) is 5.87.